The molecular formula is C10H22NO4PS2. The highest BCUT2D eigenvalue weighted by Gasteiger charge is 2.45. The summed E-state index contributed by atoms with van der Waals surface area (Å²) in [6, 6.07) is 0. The maximum Gasteiger partial charge on any atom is 0.358 e. The predicted molar refractivity (Wildman–Crippen MR) is 77.3 cm³/mol. The summed E-state index contributed by atoms with van der Waals surface area (Å²) in [7, 11) is -2.15. The van der Waals surface area contributed by atoms with E-state index in [2.05, 4.69) is 6.92 Å². The highest BCUT2D eigenvalue weighted by molar-refractivity contribution is 8.78. The van der Waals surface area contributed by atoms with Crippen LogP contribution < -0.4 is 5.73 Å². The van der Waals surface area contributed by atoms with Gasteiger partial charge in [0.05, 0.1) is 6.61 Å². The molecule has 1 rings (SSSR count). The Balaban J connectivity index is 2.59. The highest BCUT2D eigenvalue weighted by atomic mass is 33.1. The van der Waals surface area contributed by atoms with Crippen LogP contribution in [0.25, 0.3) is 0 Å². The van der Waals surface area contributed by atoms with Gasteiger partial charge in [0.2, 0.25) is 0 Å². The van der Waals surface area contributed by atoms with Crippen molar-refractivity contribution >= 4 is 29.2 Å². The quantitative estimate of drug-likeness (QED) is 0.338. The van der Waals surface area contributed by atoms with Crippen LogP contribution in [-0.2, 0) is 4.57 Å². The Morgan fingerprint density at radius 2 is 2.00 bits per heavy atom. The van der Waals surface area contributed by atoms with Crippen molar-refractivity contribution < 1.29 is 19.5 Å². The third-order valence-corrected chi connectivity index (χ3v) is 9.19. The van der Waals surface area contributed by atoms with Crippen LogP contribution in [0.3, 0.4) is 0 Å². The van der Waals surface area contributed by atoms with Crippen LogP contribution in [0.15, 0.2) is 0 Å². The smallest absolute Gasteiger partial charge is 0.358 e. The van der Waals surface area contributed by atoms with Gasteiger partial charge < -0.3 is 20.6 Å². The van der Waals surface area contributed by atoms with Crippen molar-refractivity contribution in [1.29, 1.82) is 0 Å². The molecule has 0 aromatic rings. The van der Waals surface area contributed by atoms with Crippen molar-refractivity contribution in [3.05, 3.63) is 0 Å². The minimum Gasteiger partial charge on any atom is -0.393 e. The highest BCUT2D eigenvalue weighted by Crippen LogP contribution is 2.58. The van der Waals surface area contributed by atoms with E-state index in [1.54, 1.807) is 0 Å². The van der Waals surface area contributed by atoms with Gasteiger partial charge in [-0.1, -0.05) is 47.8 Å². The Morgan fingerprint density at radius 3 is 2.50 bits per heavy atom. The molecule has 0 saturated heterocycles. The zero-order chi connectivity index (χ0) is 13.8. The lowest BCUT2D eigenvalue weighted by Crippen LogP contribution is -2.39. The summed E-state index contributed by atoms with van der Waals surface area (Å²) in [6.45, 7) is 1.41. The number of aliphatic hydroxyl groups is 1. The lowest BCUT2D eigenvalue weighted by molar-refractivity contribution is 0.255. The molecule has 1 aliphatic carbocycles. The molecule has 108 valence electrons. The molecule has 1 fully saturated rings. The van der Waals surface area contributed by atoms with Crippen LogP contribution >= 0.6 is 29.2 Å². The molecule has 1 saturated carbocycles. The lowest BCUT2D eigenvalue weighted by Gasteiger charge is -2.33. The molecule has 5 N–H and O–H groups in total. The SMILES string of the molecule is CCC1CCCCC1SSC(N)(CO)P(=O)(O)O. The Labute approximate surface area is 116 Å². The lowest BCUT2D eigenvalue weighted by atomic mass is 9.87. The molecule has 18 heavy (non-hydrogen) atoms. The molecule has 3 unspecified atom stereocenters. The van der Waals surface area contributed by atoms with Gasteiger partial charge in [-0.2, -0.15) is 0 Å². The van der Waals surface area contributed by atoms with E-state index in [4.69, 9.17) is 10.8 Å². The van der Waals surface area contributed by atoms with Gasteiger partial charge in [0, 0.05) is 5.25 Å². The molecule has 1 aliphatic rings. The van der Waals surface area contributed by atoms with Crippen LogP contribution in [-0.4, -0.2) is 31.4 Å². The minimum absolute atomic E-state index is 0.370. The monoisotopic (exact) mass is 315 g/mol. The normalized spacial score (nSPS) is 28.9. The van der Waals surface area contributed by atoms with Crippen molar-refractivity contribution in [3.8, 4) is 0 Å². The van der Waals surface area contributed by atoms with Crippen molar-refractivity contribution in [2.24, 2.45) is 11.7 Å². The zero-order valence-electron chi connectivity index (χ0n) is 10.5. The molecule has 0 bridgehead atoms. The van der Waals surface area contributed by atoms with Crippen molar-refractivity contribution in [3.63, 3.8) is 0 Å². The first kappa shape index (κ1) is 16.8. The second kappa shape index (κ2) is 6.97. The number of rotatable bonds is 6. The fourth-order valence-corrected chi connectivity index (χ4v) is 6.79. The first-order valence-electron chi connectivity index (χ1n) is 6.14. The second-order valence-corrected chi connectivity index (χ2v) is 9.68. The van der Waals surface area contributed by atoms with Crippen LogP contribution in [0.2, 0.25) is 0 Å². The Bertz CT molecular complexity index is 314. The second-order valence-electron chi connectivity index (χ2n) is 4.72. The summed E-state index contributed by atoms with van der Waals surface area (Å²) in [5.74, 6) is 0.580. The van der Waals surface area contributed by atoms with Crippen LogP contribution in [0.5, 0.6) is 0 Å². The summed E-state index contributed by atoms with van der Waals surface area (Å²) in [5.41, 5.74) is 5.61. The topological polar surface area (TPSA) is 104 Å². The summed E-state index contributed by atoms with van der Waals surface area (Å²) < 4.78 is 9.40. The predicted octanol–water partition coefficient (Wildman–Crippen LogP) is 2.12. The molecule has 0 spiro atoms. The minimum atomic E-state index is -4.51. The molecule has 3 atom stereocenters. The molecule has 0 heterocycles. The van der Waals surface area contributed by atoms with E-state index in [0.717, 1.165) is 30.1 Å². The Hall–Kier alpha value is 0.770. The van der Waals surface area contributed by atoms with Crippen LogP contribution in [0.1, 0.15) is 39.0 Å². The fraction of sp³-hybridized carbons (Fsp3) is 1.00. The molecule has 0 radical (unpaired) electrons. The molecular weight excluding hydrogens is 293 g/mol. The largest absolute Gasteiger partial charge is 0.393 e. The van der Waals surface area contributed by atoms with E-state index < -0.39 is 18.8 Å². The standard InChI is InChI=1S/C10H22NO4PS2/c1-2-8-5-3-4-6-9(8)17-18-10(11,7-12)16(13,14)15/h8-9,12H,2-7,11H2,1H3,(H2,13,14,15). The van der Waals surface area contributed by atoms with Crippen molar-refractivity contribution in [2.75, 3.05) is 6.61 Å². The summed E-state index contributed by atoms with van der Waals surface area (Å²) in [6.07, 6.45) is 5.68. The van der Waals surface area contributed by atoms with Gasteiger partial charge >= 0.3 is 7.60 Å². The van der Waals surface area contributed by atoms with E-state index >= 15 is 0 Å². The number of nitrogens with two attached hydrogens (primary N) is 1. The molecule has 0 amide bonds. The molecule has 8 heteroatoms. The molecule has 0 aromatic heterocycles. The van der Waals surface area contributed by atoms with E-state index in [1.165, 1.54) is 23.6 Å². The third kappa shape index (κ3) is 4.13. The number of hydrogen-bond acceptors (Lipinski definition) is 5. The van der Waals surface area contributed by atoms with Gasteiger partial charge in [0.1, 0.15) is 0 Å². The number of aliphatic hydroxyl groups excluding tert-OH is 1. The van der Waals surface area contributed by atoms with Gasteiger partial charge in [-0.25, -0.2) is 0 Å². The van der Waals surface area contributed by atoms with E-state index in [0.29, 0.717) is 11.2 Å². The molecule has 5 nitrogen and oxygen atoms in total. The first-order valence-corrected chi connectivity index (χ1v) is 9.96. The van der Waals surface area contributed by atoms with Crippen molar-refractivity contribution in [2.45, 2.75) is 48.9 Å². The third-order valence-electron chi connectivity index (χ3n) is 3.40. The van der Waals surface area contributed by atoms with Gasteiger partial charge in [-0.15, -0.1) is 0 Å². The van der Waals surface area contributed by atoms with E-state index in [-0.39, 0.29) is 0 Å². The van der Waals surface area contributed by atoms with Crippen molar-refractivity contribution in [1.82, 2.24) is 0 Å². The van der Waals surface area contributed by atoms with Crippen LogP contribution in [0.4, 0.5) is 0 Å². The van der Waals surface area contributed by atoms with Crippen LogP contribution in [0, 0.1) is 5.92 Å². The molecule has 0 aromatic carbocycles. The average Bonchev–Trinajstić information content (AvgIpc) is 2.34. The summed E-state index contributed by atoms with van der Waals surface area (Å²) >= 11 is 0. The maximum absolute atomic E-state index is 11.3. The summed E-state index contributed by atoms with van der Waals surface area (Å²) in [4.78, 5) is 18.4. The first-order chi connectivity index (χ1) is 8.34. The zero-order valence-corrected chi connectivity index (χ0v) is 13.0. The average molecular weight is 315 g/mol. The van der Waals surface area contributed by atoms with E-state index in [1.807, 2.05) is 0 Å². The van der Waals surface area contributed by atoms with Gasteiger partial charge in [0.15, 0.2) is 4.61 Å². The Morgan fingerprint density at radius 1 is 1.39 bits per heavy atom. The summed E-state index contributed by atoms with van der Waals surface area (Å²) in [5, 5.41) is 9.49. The Kier molecular flexibility index (Phi) is 6.52. The van der Waals surface area contributed by atoms with Gasteiger partial charge in [-0.3, -0.25) is 4.57 Å². The molecule has 0 aliphatic heterocycles. The van der Waals surface area contributed by atoms with Gasteiger partial charge in [0.25, 0.3) is 0 Å². The van der Waals surface area contributed by atoms with Gasteiger partial charge in [-0.05, 0) is 18.8 Å². The fourth-order valence-electron chi connectivity index (χ4n) is 2.08. The maximum atomic E-state index is 11.3. The number of hydrogen-bond donors (Lipinski definition) is 4. The van der Waals surface area contributed by atoms with E-state index in [9.17, 15) is 14.4 Å².